The van der Waals surface area contributed by atoms with Gasteiger partial charge in [0.05, 0.1) is 12.6 Å². The first kappa shape index (κ1) is 14.8. The monoisotopic (exact) mass is 299 g/mol. The van der Waals surface area contributed by atoms with Crippen molar-refractivity contribution in [3.8, 4) is 0 Å². The van der Waals surface area contributed by atoms with Gasteiger partial charge in [0.15, 0.2) is 5.69 Å². The molecule has 5 heteroatoms. The van der Waals surface area contributed by atoms with Crippen molar-refractivity contribution < 1.29 is 9.90 Å². The van der Waals surface area contributed by atoms with Crippen molar-refractivity contribution in [3.05, 3.63) is 52.3 Å². The number of aromatic nitrogens is 2. The van der Waals surface area contributed by atoms with Crippen LogP contribution < -0.4 is 5.32 Å². The van der Waals surface area contributed by atoms with Crippen molar-refractivity contribution in [2.24, 2.45) is 0 Å². The van der Waals surface area contributed by atoms with Crippen molar-refractivity contribution >= 4 is 5.91 Å². The fourth-order valence-corrected chi connectivity index (χ4v) is 2.95. The molecule has 3 rings (SSSR count). The summed E-state index contributed by atoms with van der Waals surface area (Å²) in [5.74, 6) is -0.224. The van der Waals surface area contributed by atoms with E-state index in [0.29, 0.717) is 5.69 Å². The van der Waals surface area contributed by atoms with E-state index in [1.165, 1.54) is 5.56 Å². The van der Waals surface area contributed by atoms with Crippen LogP contribution in [0.5, 0.6) is 0 Å². The number of aliphatic hydroxyl groups is 1. The number of aliphatic hydroxyl groups excluding tert-OH is 1. The number of carbonyl (C=O) groups excluding carboxylic acids is 1. The van der Waals surface area contributed by atoms with Gasteiger partial charge in [0.2, 0.25) is 0 Å². The average molecular weight is 299 g/mol. The van der Waals surface area contributed by atoms with Crippen LogP contribution >= 0.6 is 0 Å². The highest BCUT2D eigenvalue weighted by Gasteiger charge is 2.24. The number of carbonyl (C=O) groups is 1. The third-order valence-electron chi connectivity index (χ3n) is 4.30. The maximum Gasteiger partial charge on any atom is 0.272 e. The van der Waals surface area contributed by atoms with Gasteiger partial charge in [0.25, 0.3) is 5.91 Å². The normalized spacial score (nSPS) is 14.6. The Bertz CT molecular complexity index is 661. The number of hydrogen-bond acceptors (Lipinski definition) is 3. The topological polar surface area (TPSA) is 78.0 Å². The second-order valence-corrected chi connectivity index (χ2v) is 5.69. The lowest BCUT2D eigenvalue weighted by Gasteiger charge is -2.16. The number of fused-ring (bicyclic) bond motifs is 1. The lowest BCUT2D eigenvalue weighted by Crippen LogP contribution is -2.31. The number of hydrogen-bond donors (Lipinski definition) is 3. The summed E-state index contributed by atoms with van der Waals surface area (Å²) >= 11 is 0. The van der Waals surface area contributed by atoms with Gasteiger partial charge in [-0.2, -0.15) is 5.10 Å². The Kier molecular flexibility index (Phi) is 4.24. The number of nitrogens with zero attached hydrogens (tertiary/aromatic N) is 1. The highest BCUT2D eigenvalue weighted by molar-refractivity contribution is 5.94. The van der Waals surface area contributed by atoms with Crippen molar-refractivity contribution in [1.29, 1.82) is 0 Å². The maximum atomic E-state index is 12.4. The Balaban J connectivity index is 1.75. The molecule has 0 radical (unpaired) electrons. The molecule has 1 atom stereocenters. The summed E-state index contributed by atoms with van der Waals surface area (Å²) in [6.45, 7) is 1.96. The van der Waals surface area contributed by atoms with Crippen LogP contribution in [0.15, 0.2) is 24.3 Å². The second kappa shape index (κ2) is 6.32. The number of benzene rings is 1. The zero-order chi connectivity index (χ0) is 15.5. The molecule has 1 amide bonds. The molecular weight excluding hydrogens is 278 g/mol. The Morgan fingerprint density at radius 2 is 2.14 bits per heavy atom. The minimum Gasteiger partial charge on any atom is -0.394 e. The summed E-state index contributed by atoms with van der Waals surface area (Å²) in [7, 11) is 0. The highest BCUT2D eigenvalue weighted by Crippen LogP contribution is 2.23. The SMILES string of the molecule is CCc1ccc(C(CO)NC(=O)c2n[nH]c3c2CCC3)cc1. The maximum absolute atomic E-state index is 12.4. The summed E-state index contributed by atoms with van der Waals surface area (Å²) in [5, 5.41) is 19.6. The molecule has 116 valence electrons. The van der Waals surface area contributed by atoms with Crippen LogP contribution in [0, 0.1) is 0 Å². The molecule has 1 heterocycles. The molecule has 22 heavy (non-hydrogen) atoms. The molecule has 0 saturated heterocycles. The molecule has 0 spiro atoms. The standard InChI is InChI=1S/C17H21N3O2/c1-2-11-6-8-12(9-7-11)15(10-21)18-17(22)16-13-4-3-5-14(13)19-20-16/h6-9,15,21H,2-5,10H2,1H3,(H,18,22)(H,19,20). The molecule has 1 aromatic heterocycles. The third kappa shape index (κ3) is 2.76. The van der Waals surface area contributed by atoms with Crippen LogP contribution in [0.1, 0.15) is 52.3 Å². The number of amides is 1. The smallest absolute Gasteiger partial charge is 0.272 e. The molecule has 0 aliphatic heterocycles. The zero-order valence-electron chi connectivity index (χ0n) is 12.7. The quantitative estimate of drug-likeness (QED) is 0.789. The van der Waals surface area contributed by atoms with Gasteiger partial charge in [-0.05, 0) is 36.8 Å². The largest absolute Gasteiger partial charge is 0.394 e. The molecule has 2 aromatic rings. The van der Waals surface area contributed by atoms with Crippen LogP contribution in [0.3, 0.4) is 0 Å². The predicted molar refractivity (Wildman–Crippen MR) is 83.7 cm³/mol. The molecule has 0 fully saturated rings. The molecule has 1 unspecified atom stereocenters. The third-order valence-corrected chi connectivity index (χ3v) is 4.30. The summed E-state index contributed by atoms with van der Waals surface area (Å²) in [5.41, 5.74) is 4.70. The van der Waals surface area contributed by atoms with Crippen molar-refractivity contribution in [2.45, 2.75) is 38.6 Å². The highest BCUT2D eigenvalue weighted by atomic mass is 16.3. The summed E-state index contributed by atoms with van der Waals surface area (Å²) in [6, 6.07) is 7.55. The number of aryl methyl sites for hydroxylation is 2. The summed E-state index contributed by atoms with van der Waals surface area (Å²) < 4.78 is 0. The number of nitrogens with one attached hydrogen (secondary N) is 2. The average Bonchev–Trinajstić information content (AvgIpc) is 3.15. The van der Waals surface area contributed by atoms with E-state index in [0.717, 1.165) is 42.5 Å². The number of aromatic amines is 1. The van der Waals surface area contributed by atoms with Gasteiger partial charge in [0.1, 0.15) is 0 Å². The van der Waals surface area contributed by atoms with E-state index < -0.39 is 6.04 Å². The van der Waals surface area contributed by atoms with Gasteiger partial charge in [-0.15, -0.1) is 0 Å². The first-order chi connectivity index (χ1) is 10.7. The van der Waals surface area contributed by atoms with Gasteiger partial charge >= 0.3 is 0 Å². The zero-order valence-corrected chi connectivity index (χ0v) is 12.7. The number of rotatable bonds is 5. The van der Waals surface area contributed by atoms with E-state index in [4.69, 9.17) is 0 Å². The minimum absolute atomic E-state index is 0.135. The minimum atomic E-state index is -0.410. The molecular formula is C17H21N3O2. The van der Waals surface area contributed by atoms with E-state index in [1.807, 2.05) is 24.3 Å². The fourth-order valence-electron chi connectivity index (χ4n) is 2.95. The van der Waals surface area contributed by atoms with E-state index in [-0.39, 0.29) is 12.5 Å². The van der Waals surface area contributed by atoms with Crippen molar-refractivity contribution in [2.75, 3.05) is 6.61 Å². The van der Waals surface area contributed by atoms with Gasteiger partial charge in [0, 0.05) is 11.3 Å². The molecule has 3 N–H and O–H groups in total. The van der Waals surface area contributed by atoms with Crippen LogP contribution in [-0.4, -0.2) is 27.8 Å². The summed E-state index contributed by atoms with van der Waals surface area (Å²) in [6.07, 6.45) is 3.88. The van der Waals surface area contributed by atoms with Crippen LogP contribution in [-0.2, 0) is 19.3 Å². The Labute approximate surface area is 129 Å². The Morgan fingerprint density at radius 3 is 2.82 bits per heavy atom. The van der Waals surface area contributed by atoms with E-state index in [1.54, 1.807) is 0 Å². The molecule has 1 aliphatic carbocycles. The molecule has 1 aromatic carbocycles. The Morgan fingerprint density at radius 1 is 1.36 bits per heavy atom. The molecule has 0 saturated carbocycles. The van der Waals surface area contributed by atoms with Gasteiger partial charge < -0.3 is 10.4 Å². The first-order valence-corrected chi connectivity index (χ1v) is 7.79. The van der Waals surface area contributed by atoms with E-state index in [9.17, 15) is 9.90 Å². The lowest BCUT2D eigenvalue weighted by molar-refractivity contribution is 0.0910. The van der Waals surface area contributed by atoms with Gasteiger partial charge in [-0.25, -0.2) is 0 Å². The molecule has 1 aliphatic rings. The fraction of sp³-hybridized carbons (Fsp3) is 0.412. The van der Waals surface area contributed by atoms with Crippen LogP contribution in [0.4, 0.5) is 0 Å². The van der Waals surface area contributed by atoms with Gasteiger partial charge in [-0.1, -0.05) is 31.2 Å². The number of H-pyrrole nitrogens is 1. The van der Waals surface area contributed by atoms with E-state index >= 15 is 0 Å². The summed E-state index contributed by atoms with van der Waals surface area (Å²) in [4.78, 5) is 12.4. The van der Waals surface area contributed by atoms with E-state index in [2.05, 4.69) is 22.4 Å². The second-order valence-electron chi connectivity index (χ2n) is 5.69. The van der Waals surface area contributed by atoms with Crippen LogP contribution in [0.25, 0.3) is 0 Å². The van der Waals surface area contributed by atoms with Crippen molar-refractivity contribution in [3.63, 3.8) is 0 Å². The molecule has 5 nitrogen and oxygen atoms in total. The van der Waals surface area contributed by atoms with Gasteiger partial charge in [-0.3, -0.25) is 9.89 Å². The molecule has 0 bridgehead atoms. The Hall–Kier alpha value is -2.14. The van der Waals surface area contributed by atoms with Crippen LogP contribution in [0.2, 0.25) is 0 Å². The van der Waals surface area contributed by atoms with Crippen molar-refractivity contribution in [1.82, 2.24) is 15.5 Å². The lowest BCUT2D eigenvalue weighted by atomic mass is 10.0. The first-order valence-electron chi connectivity index (χ1n) is 7.79. The predicted octanol–water partition coefficient (Wildman–Crippen LogP) is 1.92.